The van der Waals surface area contributed by atoms with Crippen molar-refractivity contribution in [2.75, 3.05) is 19.0 Å². The number of rotatable bonds is 5. The average Bonchev–Trinajstić information content (AvgIpc) is 2.57. The first-order valence-electron chi connectivity index (χ1n) is 4.39. The summed E-state index contributed by atoms with van der Waals surface area (Å²) in [6.07, 6.45) is 0. The summed E-state index contributed by atoms with van der Waals surface area (Å²) in [5, 5.41) is 3.55. The van der Waals surface area contributed by atoms with E-state index in [1.54, 1.807) is 13.2 Å². The Morgan fingerprint density at radius 2 is 2.31 bits per heavy atom. The Kier molecular flexibility index (Phi) is 6.50. The highest BCUT2D eigenvalue weighted by atomic mass is 79.9. The predicted molar refractivity (Wildman–Crippen MR) is 76.6 cm³/mol. The highest BCUT2D eigenvalue weighted by Crippen LogP contribution is 2.31. The van der Waals surface area contributed by atoms with E-state index in [9.17, 15) is 4.79 Å². The molecule has 0 spiro atoms. The number of hydrogen-bond acceptors (Lipinski definition) is 3. The normalized spacial score (nSPS) is 12.5. The zero-order chi connectivity index (χ0) is 12.1. The molecule has 0 aromatic carbocycles. The lowest BCUT2D eigenvalue weighted by Gasteiger charge is -2.14. The number of halogens is 3. The van der Waals surface area contributed by atoms with E-state index in [1.807, 2.05) is 0 Å². The maximum absolute atomic E-state index is 11.9. The Hall–Kier alpha value is 0.570. The largest absolute Gasteiger partial charge is 0.383 e. The number of thiophene rings is 1. The van der Waals surface area contributed by atoms with Gasteiger partial charge in [0.2, 0.25) is 0 Å². The molecular weight excluding hydrogens is 426 g/mol. The van der Waals surface area contributed by atoms with Crippen LogP contribution in [-0.2, 0) is 4.74 Å². The highest BCUT2D eigenvalue weighted by molar-refractivity contribution is 9.12. The Morgan fingerprint density at radius 3 is 2.75 bits per heavy atom. The van der Waals surface area contributed by atoms with Gasteiger partial charge in [-0.25, -0.2) is 0 Å². The number of alkyl halides is 1. The fourth-order valence-electron chi connectivity index (χ4n) is 1.08. The van der Waals surface area contributed by atoms with Gasteiger partial charge in [0.05, 0.1) is 25.8 Å². The summed E-state index contributed by atoms with van der Waals surface area (Å²) in [5.41, 5.74) is 0.638. The monoisotopic (exact) mass is 433 g/mol. The number of hydrogen-bond donors (Lipinski definition) is 1. The van der Waals surface area contributed by atoms with E-state index in [2.05, 4.69) is 53.1 Å². The molecule has 7 heteroatoms. The van der Waals surface area contributed by atoms with Gasteiger partial charge in [0.25, 0.3) is 5.91 Å². The third-order valence-corrected chi connectivity index (χ3v) is 4.91. The smallest absolute Gasteiger partial charge is 0.253 e. The van der Waals surface area contributed by atoms with Crippen LogP contribution in [-0.4, -0.2) is 31.0 Å². The Labute approximate surface area is 123 Å². The molecule has 0 bridgehead atoms. The zero-order valence-electron chi connectivity index (χ0n) is 8.43. The van der Waals surface area contributed by atoms with Crippen LogP contribution in [0.2, 0.25) is 0 Å². The minimum absolute atomic E-state index is 0.0249. The van der Waals surface area contributed by atoms with Gasteiger partial charge in [-0.15, -0.1) is 11.3 Å². The molecule has 1 rings (SSSR count). The fourth-order valence-corrected chi connectivity index (χ4v) is 4.23. The van der Waals surface area contributed by atoms with E-state index in [0.717, 1.165) is 7.57 Å². The Morgan fingerprint density at radius 1 is 1.62 bits per heavy atom. The van der Waals surface area contributed by atoms with E-state index in [-0.39, 0.29) is 11.9 Å². The number of nitrogens with one attached hydrogen (secondary N) is 1. The lowest BCUT2D eigenvalue weighted by molar-refractivity contribution is 0.0907. The van der Waals surface area contributed by atoms with Gasteiger partial charge in [0.15, 0.2) is 0 Å². The molecule has 1 atom stereocenters. The van der Waals surface area contributed by atoms with Gasteiger partial charge >= 0.3 is 0 Å². The van der Waals surface area contributed by atoms with Crippen molar-refractivity contribution in [2.45, 2.75) is 6.04 Å². The first kappa shape index (κ1) is 14.6. The van der Waals surface area contributed by atoms with E-state index >= 15 is 0 Å². The molecule has 0 aliphatic heterocycles. The fraction of sp³-hybridized carbons (Fsp3) is 0.444. The van der Waals surface area contributed by atoms with E-state index < -0.39 is 0 Å². The van der Waals surface area contributed by atoms with Gasteiger partial charge in [0.1, 0.15) is 0 Å². The Balaban J connectivity index is 2.67. The van der Waals surface area contributed by atoms with E-state index in [4.69, 9.17) is 4.74 Å². The molecule has 0 aliphatic rings. The minimum Gasteiger partial charge on any atom is -0.383 e. The van der Waals surface area contributed by atoms with Crippen molar-refractivity contribution in [1.29, 1.82) is 0 Å². The van der Waals surface area contributed by atoms with Crippen LogP contribution in [0.4, 0.5) is 0 Å². The van der Waals surface area contributed by atoms with E-state index in [1.165, 1.54) is 11.3 Å². The van der Waals surface area contributed by atoms with Crippen molar-refractivity contribution in [3.63, 3.8) is 0 Å². The highest BCUT2D eigenvalue weighted by Gasteiger charge is 2.17. The molecule has 0 saturated heterocycles. The zero-order valence-corrected chi connectivity index (χ0v) is 14.0. The first-order chi connectivity index (χ1) is 7.58. The summed E-state index contributed by atoms with van der Waals surface area (Å²) in [5.74, 6) is -0.102. The van der Waals surface area contributed by atoms with Crippen molar-refractivity contribution < 1.29 is 9.53 Å². The summed E-state index contributed by atoms with van der Waals surface area (Å²) >= 11 is 11.5. The van der Waals surface area contributed by atoms with Crippen molar-refractivity contribution >= 4 is 65.0 Å². The minimum atomic E-state index is -0.102. The summed E-state index contributed by atoms with van der Waals surface area (Å²) in [6, 6.07) is 1.77. The summed E-state index contributed by atoms with van der Waals surface area (Å²) in [4.78, 5) is 11.9. The summed E-state index contributed by atoms with van der Waals surface area (Å²) in [6.45, 7) is 0.486. The molecular formula is C9H10Br3NO2S. The number of methoxy groups -OCH3 is 1. The quantitative estimate of drug-likeness (QED) is 0.720. The van der Waals surface area contributed by atoms with Crippen LogP contribution >= 0.6 is 59.1 Å². The molecule has 1 aromatic heterocycles. The van der Waals surface area contributed by atoms with Gasteiger partial charge in [0, 0.05) is 12.4 Å². The molecule has 0 radical (unpaired) electrons. The summed E-state index contributed by atoms with van der Waals surface area (Å²) < 4.78 is 6.75. The molecule has 0 aliphatic carbocycles. The number of carbonyl (C=O) groups excluding carboxylic acids is 1. The third-order valence-electron chi connectivity index (χ3n) is 1.79. The van der Waals surface area contributed by atoms with E-state index in [0.29, 0.717) is 17.5 Å². The second kappa shape index (κ2) is 7.10. The SMILES string of the molecule is COCC(CBr)NC(=O)c1cc(Br)sc1Br. The van der Waals surface area contributed by atoms with Gasteiger partial charge in [-0.05, 0) is 37.9 Å². The summed E-state index contributed by atoms with van der Waals surface area (Å²) in [7, 11) is 1.61. The van der Waals surface area contributed by atoms with Crippen molar-refractivity contribution in [3.8, 4) is 0 Å². The van der Waals surface area contributed by atoms with Crippen LogP contribution in [0.5, 0.6) is 0 Å². The first-order valence-corrected chi connectivity index (χ1v) is 7.91. The van der Waals surface area contributed by atoms with Crippen LogP contribution in [0, 0.1) is 0 Å². The molecule has 0 fully saturated rings. The van der Waals surface area contributed by atoms with Crippen molar-refractivity contribution in [1.82, 2.24) is 5.32 Å². The molecule has 16 heavy (non-hydrogen) atoms. The van der Waals surface area contributed by atoms with Crippen molar-refractivity contribution in [2.24, 2.45) is 0 Å². The third kappa shape index (κ3) is 4.10. The van der Waals surface area contributed by atoms with Crippen LogP contribution in [0.1, 0.15) is 10.4 Å². The maximum atomic E-state index is 11.9. The molecule has 1 aromatic rings. The standard InChI is InChI=1S/C9H10Br3NO2S/c1-15-4-5(3-10)13-9(14)6-2-7(11)16-8(6)12/h2,5H,3-4H2,1H3,(H,13,14). The van der Waals surface area contributed by atoms with Gasteiger partial charge < -0.3 is 10.1 Å². The number of amides is 1. The van der Waals surface area contributed by atoms with Gasteiger partial charge in [-0.1, -0.05) is 15.9 Å². The van der Waals surface area contributed by atoms with Crippen LogP contribution < -0.4 is 5.32 Å². The lowest BCUT2D eigenvalue weighted by Crippen LogP contribution is -2.39. The number of ether oxygens (including phenoxy) is 1. The topological polar surface area (TPSA) is 38.3 Å². The predicted octanol–water partition coefficient (Wildman–Crippen LogP) is 3.41. The molecule has 3 nitrogen and oxygen atoms in total. The van der Waals surface area contributed by atoms with Crippen LogP contribution in [0.15, 0.2) is 13.6 Å². The molecule has 90 valence electrons. The second-order valence-corrected chi connectivity index (χ2v) is 7.41. The molecule has 1 heterocycles. The lowest BCUT2D eigenvalue weighted by atomic mass is 10.3. The molecule has 1 amide bonds. The van der Waals surface area contributed by atoms with Gasteiger partial charge in [-0.2, -0.15) is 0 Å². The van der Waals surface area contributed by atoms with Crippen LogP contribution in [0.25, 0.3) is 0 Å². The second-order valence-electron chi connectivity index (χ2n) is 3.02. The molecule has 1 unspecified atom stereocenters. The van der Waals surface area contributed by atoms with Gasteiger partial charge in [-0.3, -0.25) is 4.79 Å². The average molecular weight is 436 g/mol. The number of carbonyl (C=O) groups is 1. The molecule has 0 saturated carbocycles. The Bertz CT molecular complexity index is 370. The molecule has 1 N–H and O–H groups in total. The van der Waals surface area contributed by atoms with Crippen LogP contribution in [0.3, 0.4) is 0 Å². The maximum Gasteiger partial charge on any atom is 0.253 e. The van der Waals surface area contributed by atoms with Crippen molar-refractivity contribution in [3.05, 3.63) is 19.2 Å².